The van der Waals surface area contributed by atoms with Gasteiger partial charge in [0.1, 0.15) is 11.9 Å². The lowest BCUT2D eigenvalue weighted by Crippen LogP contribution is -2.57. The Morgan fingerprint density at radius 1 is 1.19 bits per heavy atom. The molecule has 7 nitrogen and oxygen atoms in total. The van der Waals surface area contributed by atoms with Crippen molar-refractivity contribution in [2.24, 2.45) is 0 Å². The number of benzene rings is 1. The van der Waals surface area contributed by atoms with E-state index in [1.165, 1.54) is 4.90 Å². The summed E-state index contributed by atoms with van der Waals surface area (Å²) in [5.74, 6) is -4.47. The van der Waals surface area contributed by atoms with Crippen LogP contribution < -0.4 is 15.5 Å². The van der Waals surface area contributed by atoms with Crippen LogP contribution in [0.4, 0.5) is 30.4 Å². The zero-order valence-corrected chi connectivity index (χ0v) is 16.6. The number of carbonyl (C=O) groups excluding carboxylic acids is 2. The van der Waals surface area contributed by atoms with Crippen LogP contribution in [0.1, 0.15) is 30.4 Å². The molecule has 1 aromatic heterocycles. The van der Waals surface area contributed by atoms with E-state index in [-0.39, 0.29) is 31.0 Å². The fourth-order valence-corrected chi connectivity index (χ4v) is 3.58. The Morgan fingerprint density at radius 3 is 2.42 bits per heavy atom. The highest BCUT2D eigenvalue weighted by Gasteiger charge is 2.33. The SMILES string of the molecule is C.Cc1nc(NC2CN(C(=O)c3cc(F)c(F)c(F)c3)C2)cc2c1NC(=O)[C@H](C)N2C. The first-order valence-electron chi connectivity index (χ1n) is 9.41. The standard InChI is InChI=1S/C20H20F3N5O2.CH4/c1-9-18-15(27(3)10(2)19(29)26-18)6-16(24-9)25-12-7-28(8-12)20(30)11-4-13(21)17(23)14(22)5-11;/h4-6,10,12H,7-8H2,1-3H3,(H,24,25)(H,26,29);1H4/t10-;/m0./s1. The molecule has 1 aromatic carbocycles. The molecule has 0 saturated carbocycles. The van der Waals surface area contributed by atoms with Crippen LogP contribution >= 0.6 is 0 Å². The summed E-state index contributed by atoms with van der Waals surface area (Å²) in [6.45, 7) is 4.21. The second-order valence-corrected chi connectivity index (χ2v) is 7.57. The van der Waals surface area contributed by atoms with Gasteiger partial charge in [0.05, 0.1) is 23.1 Å². The maximum absolute atomic E-state index is 13.4. The predicted molar refractivity (Wildman–Crippen MR) is 112 cm³/mol. The predicted octanol–water partition coefficient (Wildman–Crippen LogP) is 3.16. The third-order valence-corrected chi connectivity index (χ3v) is 5.52. The summed E-state index contributed by atoms with van der Waals surface area (Å²) in [6, 6.07) is 2.80. The number of hydrogen-bond donors (Lipinski definition) is 2. The van der Waals surface area contributed by atoms with Gasteiger partial charge in [-0.3, -0.25) is 9.59 Å². The Kier molecular flexibility index (Phi) is 5.84. The van der Waals surface area contributed by atoms with E-state index in [2.05, 4.69) is 15.6 Å². The minimum atomic E-state index is -1.60. The molecule has 0 aliphatic carbocycles. The van der Waals surface area contributed by atoms with Gasteiger partial charge in [0.15, 0.2) is 17.5 Å². The topological polar surface area (TPSA) is 77.6 Å². The van der Waals surface area contributed by atoms with E-state index >= 15 is 0 Å². The minimum Gasteiger partial charge on any atom is -0.364 e. The molecule has 166 valence electrons. The molecule has 1 fully saturated rings. The summed E-state index contributed by atoms with van der Waals surface area (Å²) in [6.07, 6.45) is 0. The number of likely N-dealkylation sites (tertiary alicyclic amines) is 1. The largest absolute Gasteiger partial charge is 0.364 e. The molecular weight excluding hydrogens is 411 g/mol. The smallest absolute Gasteiger partial charge is 0.254 e. The van der Waals surface area contributed by atoms with Gasteiger partial charge in [-0.25, -0.2) is 18.2 Å². The van der Waals surface area contributed by atoms with Crippen LogP contribution in [0.3, 0.4) is 0 Å². The molecule has 31 heavy (non-hydrogen) atoms. The van der Waals surface area contributed by atoms with Gasteiger partial charge in [-0.2, -0.15) is 0 Å². The number of nitrogens with zero attached hydrogens (tertiary/aromatic N) is 3. The molecular formula is C21H24F3N5O2. The number of carbonyl (C=O) groups is 2. The van der Waals surface area contributed by atoms with Gasteiger partial charge >= 0.3 is 0 Å². The lowest BCUT2D eigenvalue weighted by atomic mass is 10.1. The molecule has 2 aromatic rings. The van der Waals surface area contributed by atoms with Crippen molar-refractivity contribution in [3.05, 3.63) is 46.9 Å². The molecule has 2 aliphatic rings. The third kappa shape index (κ3) is 3.89. The molecule has 2 aliphatic heterocycles. The van der Waals surface area contributed by atoms with E-state index in [1.54, 1.807) is 13.8 Å². The summed E-state index contributed by atoms with van der Waals surface area (Å²) in [5.41, 5.74) is 1.92. The fourth-order valence-electron chi connectivity index (χ4n) is 3.58. The lowest BCUT2D eigenvalue weighted by Gasteiger charge is -2.40. The molecule has 0 radical (unpaired) electrons. The highest BCUT2D eigenvalue weighted by Crippen LogP contribution is 2.35. The molecule has 1 saturated heterocycles. The van der Waals surface area contributed by atoms with Crippen molar-refractivity contribution in [1.82, 2.24) is 9.88 Å². The van der Waals surface area contributed by atoms with Gasteiger partial charge in [-0.15, -0.1) is 0 Å². The maximum Gasteiger partial charge on any atom is 0.254 e. The van der Waals surface area contributed by atoms with Crippen LogP contribution in [0.5, 0.6) is 0 Å². The quantitative estimate of drug-likeness (QED) is 0.725. The highest BCUT2D eigenvalue weighted by atomic mass is 19.2. The summed E-state index contributed by atoms with van der Waals surface area (Å²) >= 11 is 0. The van der Waals surface area contributed by atoms with Gasteiger partial charge in [0.25, 0.3) is 5.91 Å². The average molecular weight is 435 g/mol. The number of aryl methyl sites for hydroxylation is 1. The number of rotatable bonds is 3. The van der Waals surface area contributed by atoms with Crippen LogP contribution in [0.15, 0.2) is 18.2 Å². The molecule has 0 unspecified atom stereocenters. The second-order valence-electron chi connectivity index (χ2n) is 7.57. The Morgan fingerprint density at radius 2 is 1.81 bits per heavy atom. The van der Waals surface area contributed by atoms with E-state index in [9.17, 15) is 22.8 Å². The van der Waals surface area contributed by atoms with E-state index in [1.807, 2.05) is 18.0 Å². The molecule has 2 N–H and O–H groups in total. The molecule has 0 bridgehead atoms. The first-order chi connectivity index (χ1) is 14.2. The number of fused-ring (bicyclic) bond motifs is 1. The third-order valence-electron chi connectivity index (χ3n) is 5.52. The summed E-state index contributed by atoms with van der Waals surface area (Å²) in [4.78, 5) is 32.1. The number of likely N-dealkylation sites (N-methyl/N-ethyl adjacent to an activating group) is 1. The number of hydrogen-bond acceptors (Lipinski definition) is 5. The van der Waals surface area contributed by atoms with Crippen LogP contribution in [-0.2, 0) is 4.79 Å². The number of anilines is 3. The first kappa shape index (κ1) is 22.4. The molecule has 3 heterocycles. The van der Waals surface area contributed by atoms with Crippen molar-refractivity contribution in [2.75, 3.05) is 35.7 Å². The van der Waals surface area contributed by atoms with E-state index in [0.29, 0.717) is 42.4 Å². The zero-order valence-electron chi connectivity index (χ0n) is 16.6. The summed E-state index contributed by atoms with van der Waals surface area (Å²) < 4.78 is 39.8. The van der Waals surface area contributed by atoms with Crippen LogP contribution in [0.25, 0.3) is 0 Å². The Hall–Kier alpha value is -3.30. The summed E-state index contributed by atoms with van der Waals surface area (Å²) in [5, 5.41) is 6.09. The monoisotopic (exact) mass is 435 g/mol. The van der Waals surface area contributed by atoms with Crippen LogP contribution in [-0.4, -0.2) is 53.9 Å². The van der Waals surface area contributed by atoms with Crippen molar-refractivity contribution < 1.29 is 22.8 Å². The van der Waals surface area contributed by atoms with Gasteiger partial charge in [-0.05, 0) is 26.0 Å². The Bertz CT molecular complexity index is 1030. The average Bonchev–Trinajstić information content (AvgIpc) is 2.67. The van der Waals surface area contributed by atoms with Crippen molar-refractivity contribution >= 4 is 29.0 Å². The number of halogens is 3. The fraction of sp³-hybridized carbons (Fsp3) is 0.381. The van der Waals surface area contributed by atoms with Gasteiger partial charge in [0.2, 0.25) is 5.91 Å². The Labute approximate surface area is 178 Å². The number of pyridine rings is 1. The normalized spacial score (nSPS) is 18.0. The number of aromatic nitrogens is 1. The van der Waals surface area contributed by atoms with Gasteiger partial charge in [0, 0.05) is 31.8 Å². The van der Waals surface area contributed by atoms with Crippen molar-refractivity contribution in [3.63, 3.8) is 0 Å². The summed E-state index contributed by atoms with van der Waals surface area (Å²) in [7, 11) is 1.83. The molecule has 0 spiro atoms. The molecule has 2 amide bonds. The number of nitrogens with one attached hydrogen (secondary N) is 2. The minimum absolute atomic E-state index is 0. The molecule has 10 heteroatoms. The first-order valence-corrected chi connectivity index (χ1v) is 9.41. The van der Waals surface area contributed by atoms with E-state index in [0.717, 1.165) is 5.69 Å². The second kappa shape index (κ2) is 8.09. The highest BCUT2D eigenvalue weighted by molar-refractivity contribution is 6.04. The maximum atomic E-state index is 13.4. The van der Waals surface area contributed by atoms with Crippen LogP contribution in [0, 0.1) is 24.4 Å². The Balaban J connectivity index is 0.00000272. The molecule has 4 rings (SSSR count). The van der Waals surface area contributed by atoms with E-state index in [4.69, 9.17) is 0 Å². The van der Waals surface area contributed by atoms with Crippen molar-refractivity contribution in [3.8, 4) is 0 Å². The van der Waals surface area contributed by atoms with Crippen molar-refractivity contribution in [1.29, 1.82) is 0 Å². The van der Waals surface area contributed by atoms with E-state index < -0.39 is 23.4 Å². The lowest BCUT2D eigenvalue weighted by molar-refractivity contribution is -0.117. The van der Waals surface area contributed by atoms with Gasteiger partial charge in [-0.1, -0.05) is 7.43 Å². The molecule has 1 atom stereocenters. The van der Waals surface area contributed by atoms with Crippen LogP contribution in [0.2, 0.25) is 0 Å². The zero-order chi connectivity index (χ0) is 21.7. The number of amides is 2. The van der Waals surface area contributed by atoms with Gasteiger partial charge < -0.3 is 20.4 Å². The van der Waals surface area contributed by atoms with Crippen molar-refractivity contribution in [2.45, 2.75) is 33.4 Å².